The van der Waals surface area contributed by atoms with Gasteiger partial charge in [0.25, 0.3) is 11.8 Å². The van der Waals surface area contributed by atoms with Crippen molar-refractivity contribution in [2.45, 2.75) is 6.18 Å². The zero-order chi connectivity index (χ0) is 33.3. The molecule has 236 valence electrons. The Morgan fingerprint density at radius 2 is 1.50 bits per heavy atom. The molecule has 0 spiro atoms. The van der Waals surface area contributed by atoms with E-state index in [1.165, 1.54) is 67.9 Å². The topological polar surface area (TPSA) is 148 Å². The third-order valence-corrected chi connectivity index (χ3v) is 6.23. The molecule has 15 heteroatoms. The molecule has 0 saturated carbocycles. The van der Waals surface area contributed by atoms with Crippen LogP contribution in [-0.4, -0.2) is 35.9 Å². The number of alkyl halides is 3. The Bertz CT molecular complexity index is 1780. The predicted octanol–water partition coefficient (Wildman–Crippen LogP) is 6.45. The number of rotatable bonds is 8. The number of ether oxygens (including phenoxy) is 2. The quantitative estimate of drug-likeness (QED) is 0.0970. The summed E-state index contributed by atoms with van der Waals surface area (Å²) in [5, 5.41) is 4.31. The van der Waals surface area contributed by atoms with Crippen molar-refractivity contribution in [3.05, 3.63) is 119 Å². The maximum atomic E-state index is 13.1. The molecule has 11 nitrogen and oxygen atoms in total. The van der Waals surface area contributed by atoms with Gasteiger partial charge in [0, 0.05) is 29.7 Å². The van der Waals surface area contributed by atoms with Gasteiger partial charge in [-0.3, -0.25) is 25.4 Å². The maximum Gasteiger partial charge on any atom is 0.417 e. The summed E-state index contributed by atoms with van der Waals surface area (Å²) in [6.45, 7) is 0. The van der Waals surface area contributed by atoms with E-state index in [9.17, 15) is 32.3 Å². The van der Waals surface area contributed by atoms with Gasteiger partial charge in [0.15, 0.2) is 0 Å². The zero-order valence-electron chi connectivity index (χ0n) is 23.6. The lowest BCUT2D eigenvalue weighted by atomic mass is 10.1. The largest absolute Gasteiger partial charge is 0.465 e. The summed E-state index contributed by atoms with van der Waals surface area (Å²) in [5.74, 6) is -1.26. The first kappa shape index (κ1) is 33.0. The molecular weight excluding hydrogens is 631 g/mol. The molecule has 1 heterocycles. The number of carbonyl (C=O) groups excluding carboxylic acids is 4. The van der Waals surface area contributed by atoms with Crippen molar-refractivity contribution in [1.82, 2.24) is 15.8 Å². The number of nitrogens with zero attached hydrogens (tertiary/aromatic N) is 1. The van der Waals surface area contributed by atoms with E-state index in [2.05, 4.69) is 31.2 Å². The predicted molar refractivity (Wildman–Crippen MR) is 162 cm³/mol. The first-order chi connectivity index (χ1) is 21.9. The number of nitrogens with one attached hydrogen (secondary N) is 4. The molecular formula is C31H23ClF3N5O6. The van der Waals surface area contributed by atoms with Gasteiger partial charge in [-0.15, -0.1) is 0 Å². The number of esters is 1. The average Bonchev–Trinajstić information content (AvgIpc) is 3.04. The summed E-state index contributed by atoms with van der Waals surface area (Å²) in [7, 11) is 1.27. The first-order valence-electron chi connectivity index (χ1n) is 13.1. The van der Waals surface area contributed by atoms with Crippen LogP contribution < -0.4 is 26.2 Å². The molecule has 4 rings (SSSR count). The molecule has 0 aliphatic carbocycles. The van der Waals surface area contributed by atoms with Crippen molar-refractivity contribution >= 4 is 52.9 Å². The molecule has 0 saturated heterocycles. The Labute approximate surface area is 264 Å². The molecule has 0 radical (unpaired) electrons. The van der Waals surface area contributed by atoms with Crippen molar-refractivity contribution in [2.24, 2.45) is 0 Å². The number of pyridine rings is 1. The number of carbonyl (C=O) groups is 4. The van der Waals surface area contributed by atoms with Crippen LogP contribution in [0, 0.1) is 0 Å². The van der Waals surface area contributed by atoms with E-state index in [-0.39, 0.29) is 17.1 Å². The molecule has 0 bridgehead atoms. The first-order valence-corrected chi connectivity index (χ1v) is 13.4. The fourth-order valence-corrected chi connectivity index (χ4v) is 3.92. The number of hydrogen-bond donors (Lipinski definition) is 4. The van der Waals surface area contributed by atoms with E-state index >= 15 is 0 Å². The van der Waals surface area contributed by atoms with Crippen LogP contribution in [0.3, 0.4) is 0 Å². The summed E-state index contributed by atoms with van der Waals surface area (Å²) in [5.41, 5.74) is 4.52. The Balaban J connectivity index is 1.27. The molecule has 1 aromatic heterocycles. The smallest absolute Gasteiger partial charge is 0.417 e. The summed E-state index contributed by atoms with van der Waals surface area (Å²) in [6, 6.07) is 17.4. The Morgan fingerprint density at radius 3 is 2.17 bits per heavy atom. The standard InChI is InChI=1S/C31H23ClF3N5O6/c1-45-29(43)19-5-2-18(3-6-19)4-13-27(41)39-40-28(42)26-17-23(14-15-36-26)46-22-10-7-20(8-11-22)37-30(44)38-21-9-12-25(32)24(16-21)31(33,34)35/h2-17H,1H3,(H,39,41)(H,40,42)(H2,37,38,44). The zero-order valence-corrected chi connectivity index (χ0v) is 24.4. The third kappa shape index (κ3) is 9.30. The number of halogens is 4. The van der Waals surface area contributed by atoms with Crippen LogP contribution in [0.15, 0.2) is 91.1 Å². The van der Waals surface area contributed by atoms with Gasteiger partial charge in [-0.05, 0) is 72.3 Å². The maximum absolute atomic E-state index is 13.1. The van der Waals surface area contributed by atoms with E-state index < -0.39 is 40.6 Å². The lowest BCUT2D eigenvalue weighted by Crippen LogP contribution is -2.41. The van der Waals surface area contributed by atoms with Gasteiger partial charge in [0.05, 0.1) is 23.3 Å². The molecule has 4 aromatic rings. The summed E-state index contributed by atoms with van der Waals surface area (Å²) < 4.78 is 49.6. The van der Waals surface area contributed by atoms with Crippen molar-refractivity contribution in [3.63, 3.8) is 0 Å². The van der Waals surface area contributed by atoms with E-state index in [4.69, 9.17) is 16.3 Å². The minimum atomic E-state index is -4.68. The summed E-state index contributed by atoms with van der Waals surface area (Å²) in [4.78, 5) is 52.4. The lowest BCUT2D eigenvalue weighted by Gasteiger charge is -2.12. The van der Waals surface area contributed by atoms with Crippen molar-refractivity contribution < 1.29 is 41.8 Å². The second-order valence-electron chi connectivity index (χ2n) is 9.17. The van der Waals surface area contributed by atoms with Crippen LogP contribution >= 0.6 is 11.6 Å². The number of hydrogen-bond acceptors (Lipinski definition) is 7. The second kappa shape index (κ2) is 14.7. The van der Waals surface area contributed by atoms with Crippen LogP contribution in [0.4, 0.5) is 29.3 Å². The number of amides is 4. The third-order valence-electron chi connectivity index (χ3n) is 5.90. The van der Waals surface area contributed by atoms with Crippen LogP contribution in [0.2, 0.25) is 5.02 Å². The molecule has 3 aromatic carbocycles. The van der Waals surface area contributed by atoms with Crippen LogP contribution in [0.25, 0.3) is 6.08 Å². The minimum Gasteiger partial charge on any atom is -0.465 e. The number of anilines is 2. The van der Waals surface area contributed by atoms with Crippen LogP contribution in [-0.2, 0) is 15.7 Å². The van der Waals surface area contributed by atoms with Crippen molar-refractivity contribution in [2.75, 3.05) is 17.7 Å². The highest BCUT2D eigenvalue weighted by Gasteiger charge is 2.33. The van der Waals surface area contributed by atoms with E-state index in [1.807, 2.05) is 0 Å². The lowest BCUT2D eigenvalue weighted by molar-refractivity contribution is -0.137. The monoisotopic (exact) mass is 653 g/mol. The molecule has 0 unspecified atom stereocenters. The molecule has 4 N–H and O–H groups in total. The second-order valence-corrected chi connectivity index (χ2v) is 9.57. The van der Waals surface area contributed by atoms with E-state index in [0.717, 1.165) is 12.1 Å². The normalized spacial score (nSPS) is 11.0. The number of benzene rings is 3. The Hall–Kier alpha value is -5.89. The van der Waals surface area contributed by atoms with Crippen LogP contribution in [0.5, 0.6) is 11.5 Å². The van der Waals surface area contributed by atoms with Gasteiger partial charge in [-0.25, -0.2) is 9.59 Å². The Morgan fingerprint density at radius 1 is 0.826 bits per heavy atom. The summed E-state index contributed by atoms with van der Waals surface area (Å²) >= 11 is 5.60. The molecule has 0 aliphatic heterocycles. The highest BCUT2D eigenvalue weighted by atomic mass is 35.5. The highest BCUT2D eigenvalue weighted by Crippen LogP contribution is 2.36. The van der Waals surface area contributed by atoms with Gasteiger partial charge >= 0.3 is 18.2 Å². The molecule has 4 amide bonds. The van der Waals surface area contributed by atoms with Gasteiger partial charge in [-0.1, -0.05) is 23.7 Å². The molecule has 46 heavy (non-hydrogen) atoms. The van der Waals surface area contributed by atoms with Crippen molar-refractivity contribution in [3.8, 4) is 11.5 Å². The van der Waals surface area contributed by atoms with Gasteiger partial charge in [0.1, 0.15) is 17.2 Å². The highest BCUT2D eigenvalue weighted by molar-refractivity contribution is 6.31. The SMILES string of the molecule is COC(=O)c1ccc(C=CC(=O)NNC(=O)c2cc(Oc3ccc(NC(=O)Nc4ccc(Cl)c(C(F)(F)F)c4)cc3)ccn2)cc1. The van der Waals surface area contributed by atoms with Gasteiger partial charge in [0.2, 0.25) is 0 Å². The molecule has 0 fully saturated rings. The fraction of sp³-hybridized carbons (Fsp3) is 0.0645. The number of urea groups is 1. The molecule has 0 atom stereocenters. The average molecular weight is 654 g/mol. The number of aromatic nitrogens is 1. The van der Waals surface area contributed by atoms with E-state index in [1.54, 1.807) is 24.3 Å². The van der Waals surface area contributed by atoms with Gasteiger partial charge < -0.3 is 20.1 Å². The van der Waals surface area contributed by atoms with Crippen LogP contribution in [0.1, 0.15) is 32.0 Å². The van der Waals surface area contributed by atoms with Crippen molar-refractivity contribution in [1.29, 1.82) is 0 Å². The number of hydrazine groups is 1. The van der Waals surface area contributed by atoms with Gasteiger partial charge in [-0.2, -0.15) is 13.2 Å². The fourth-order valence-electron chi connectivity index (χ4n) is 3.70. The summed E-state index contributed by atoms with van der Waals surface area (Å²) in [6.07, 6.45) is -0.692. The molecule has 0 aliphatic rings. The Kier molecular flexibility index (Phi) is 10.6. The number of methoxy groups -OCH3 is 1. The minimum absolute atomic E-state index is 0.0639. The van der Waals surface area contributed by atoms with E-state index in [0.29, 0.717) is 22.6 Å².